The number of benzene rings is 1. The standard InChI is InChI=1S/C22H32ClIN3O/c1-2-16-3-7-18(8-4-16)25-22(28)20-15-21(20)24-27-13-11-26(12-14-27)19-9-5-17(23)6-10-19/h5-6,9-10,16,18,20-21H,2-4,7-8,11-15H2,1H3,(H,25,28)/q-1/t16?,18?,20-,21-/m0/s1. The van der Waals surface area contributed by atoms with Crippen LogP contribution < -0.4 is 31.7 Å². The van der Waals surface area contributed by atoms with E-state index in [1.54, 1.807) is 0 Å². The number of carbonyl (C=O) groups excluding carboxylic acids is 1. The first-order valence-corrected chi connectivity index (χ1v) is 13.4. The summed E-state index contributed by atoms with van der Waals surface area (Å²) in [6.45, 7) is 6.69. The molecule has 0 spiro atoms. The molecule has 3 aliphatic rings. The Hall–Kier alpha value is -0.530. The van der Waals surface area contributed by atoms with Crippen molar-refractivity contribution in [3.05, 3.63) is 29.3 Å². The molecule has 2 saturated carbocycles. The van der Waals surface area contributed by atoms with E-state index >= 15 is 0 Å². The molecular formula is C22H32ClIN3O-. The molecule has 0 aromatic heterocycles. The van der Waals surface area contributed by atoms with E-state index in [1.807, 2.05) is 12.1 Å². The van der Waals surface area contributed by atoms with E-state index in [0.29, 0.717) is 21.8 Å². The van der Waals surface area contributed by atoms with Crippen molar-refractivity contribution in [3.63, 3.8) is 0 Å². The van der Waals surface area contributed by atoms with Crippen LogP contribution in [0.4, 0.5) is 5.69 Å². The first-order valence-electron chi connectivity index (χ1n) is 10.8. The van der Waals surface area contributed by atoms with Gasteiger partial charge in [0.1, 0.15) is 0 Å². The number of hydrogen-bond donors (Lipinski definition) is 1. The summed E-state index contributed by atoms with van der Waals surface area (Å²) in [4.78, 5) is 15.1. The zero-order valence-corrected chi connectivity index (χ0v) is 19.7. The van der Waals surface area contributed by atoms with Crippen molar-refractivity contribution in [3.8, 4) is 0 Å². The molecule has 2 aliphatic carbocycles. The summed E-state index contributed by atoms with van der Waals surface area (Å²) in [6, 6.07) is 8.61. The van der Waals surface area contributed by atoms with Crippen LogP contribution in [0.2, 0.25) is 5.02 Å². The number of nitrogens with one attached hydrogen (secondary N) is 1. The van der Waals surface area contributed by atoms with Gasteiger partial charge in [-0.2, -0.15) is 0 Å². The zero-order chi connectivity index (χ0) is 19.5. The van der Waals surface area contributed by atoms with Crippen molar-refractivity contribution < 1.29 is 26.3 Å². The quantitative estimate of drug-likeness (QED) is 0.347. The Balaban J connectivity index is 1.16. The van der Waals surface area contributed by atoms with Gasteiger partial charge in [0.2, 0.25) is 0 Å². The average Bonchev–Trinajstić information content (AvgIpc) is 3.49. The number of hydrogen-bond acceptors (Lipinski definition) is 3. The molecular weight excluding hydrogens is 485 g/mol. The van der Waals surface area contributed by atoms with Gasteiger partial charge in [0, 0.05) is 0 Å². The molecule has 1 amide bonds. The molecule has 1 aromatic carbocycles. The Kier molecular flexibility index (Phi) is 7.05. The molecule has 1 saturated heterocycles. The van der Waals surface area contributed by atoms with Crippen molar-refractivity contribution in [1.29, 1.82) is 0 Å². The Labute approximate surface area is 185 Å². The molecule has 4 rings (SSSR count). The van der Waals surface area contributed by atoms with Gasteiger partial charge in [-0.1, -0.05) is 0 Å². The van der Waals surface area contributed by atoms with Gasteiger partial charge in [-0.25, -0.2) is 0 Å². The summed E-state index contributed by atoms with van der Waals surface area (Å²) >= 11 is 5.97. The van der Waals surface area contributed by atoms with Crippen LogP contribution in [0.25, 0.3) is 0 Å². The van der Waals surface area contributed by atoms with E-state index in [2.05, 4.69) is 32.4 Å². The summed E-state index contributed by atoms with van der Waals surface area (Å²) in [5.41, 5.74) is 1.27. The van der Waals surface area contributed by atoms with Crippen molar-refractivity contribution >= 4 is 23.2 Å². The maximum atomic E-state index is 12.6. The second kappa shape index (κ2) is 9.52. The molecule has 1 N–H and O–H groups in total. The summed E-state index contributed by atoms with van der Waals surface area (Å²) < 4.78 is 3.32. The number of rotatable bonds is 6. The molecule has 2 atom stereocenters. The van der Waals surface area contributed by atoms with E-state index in [9.17, 15) is 4.79 Å². The average molecular weight is 517 g/mol. The summed E-state index contributed by atoms with van der Waals surface area (Å²) in [5, 5.41) is 4.16. The van der Waals surface area contributed by atoms with E-state index in [-0.39, 0.29) is 21.5 Å². The van der Waals surface area contributed by atoms with Gasteiger partial charge in [-0.05, 0) is 0 Å². The van der Waals surface area contributed by atoms with Crippen LogP contribution in [0, 0.1) is 11.8 Å². The molecule has 1 heterocycles. The maximum absolute atomic E-state index is 12.6. The Morgan fingerprint density at radius 2 is 1.79 bits per heavy atom. The molecule has 0 bridgehead atoms. The van der Waals surface area contributed by atoms with Gasteiger partial charge in [0.25, 0.3) is 0 Å². The number of carbonyl (C=O) groups is 1. The van der Waals surface area contributed by atoms with Gasteiger partial charge in [0.05, 0.1) is 0 Å². The van der Waals surface area contributed by atoms with E-state index in [0.717, 1.165) is 43.5 Å². The molecule has 3 fully saturated rings. The Morgan fingerprint density at radius 1 is 1.11 bits per heavy atom. The monoisotopic (exact) mass is 516 g/mol. The zero-order valence-electron chi connectivity index (χ0n) is 16.7. The van der Waals surface area contributed by atoms with Gasteiger partial charge >= 0.3 is 186 Å². The van der Waals surface area contributed by atoms with Crippen molar-refractivity contribution in [1.82, 2.24) is 8.43 Å². The number of anilines is 1. The number of piperazine rings is 1. The van der Waals surface area contributed by atoms with Gasteiger partial charge < -0.3 is 0 Å². The normalized spacial score (nSPS) is 31.0. The van der Waals surface area contributed by atoms with E-state index in [4.69, 9.17) is 11.6 Å². The second-order valence-corrected chi connectivity index (χ2v) is 12.4. The van der Waals surface area contributed by atoms with Crippen LogP contribution in [0.3, 0.4) is 0 Å². The van der Waals surface area contributed by atoms with Crippen LogP contribution in [0.15, 0.2) is 24.3 Å². The molecule has 4 nitrogen and oxygen atoms in total. The van der Waals surface area contributed by atoms with Crippen LogP contribution >= 0.6 is 11.6 Å². The summed E-state index contributed by atoms with van der Waals surface area (Å²) in [6.07, 6.45) is 7.37. The second-order valence-electron chi connectivity index (χ2n) is 8.46. The Morgan fingerprint density at radius 3 is 2.43 bits per heavy atom. The summed E-state index contributed by atoms with van der Waals surface area (Å²) in [7, 11) is 0. The third kappa shape index (κ3) is 5.33. The molecule has 0 radical (unpaired) electrons. The van der Waals surface area contributed by atoms with Crippen LogP contribution in [-0.4, -0.2) is 45.2 Å². The topological polar surface area (TPSA) is 35.6 Å². The summed E-state index contributed by atoms with van der Waals surface area (Å²) in [5.74, 6) is 1.55. The number of alkyl halides is 1. The third-order valence-electron chi connectivity index (χ3n) is 6.50. The Bertz CT molecular complexity index is 654. The van der Waals surface area contributed by atoms with Crippen LogP contribution in [0.5, 0.6) is 0 Å². The fourth-order valence-corrected chi connectivity index (χ4v) is 8.05. The molecule has 156 valence electrons. The minimum absolute atomic E-state index is 0.0235. The third-order valence-corrected chi connectivity index (χ3v) is 10.6. The molecule has 28 heavy (non-hydrogen) atoms. The van der Waals surface area contributed by atoms with Gasteiger partial charge in [0.15, 0.2) is 0 Å². The molecule has 0 unspecified atom stereocenters. The predicted molar refractivity (Wildman–Crippen MR) is 111 cm³/mol. The SMILES string of the molecule is CCC1CCC(NC(=O)[C@H]2C[C@@H]2[I-]N2CCN(c3ccc(Cl)cc3)CC2)CC1. The van der Waals surface area contributed by atoms with Crippen LogP contribution in [0.1, 0.15) is 45.4 Å². The number of halogens is 2. The van der Waals surface area contributed by atoms with Crippen molar-refractivity contribution in [2.45, 2.75) is 55.4 Å². The van der Waals surface area contributed by atoms with Crippen molar-refractivity contribution in [2.24, 2.45) is 11.8 Å². The first-order chi connectivity index (χ1) is 13.6. The fourth-order valence-electron chi connectivity index (χ4n) is 4.43. The van der Waals surface area contributed by atoms with Gasteiger partial charge in [-0.15, -0.1) is 0 Å². The van der Waals surface area contributed by atoms with Gasteiger partial charge in [-0.3, -0.25) is 0 Å². The minimum atomic E-state index is -0.0235. The first kappa shape index (κ1) is 20.7. The predicted octanol–water partition coefficient (Wildman–Crippen LogP) is 0.940. The van der Waals surface area contributed by atoms with Crippen LogP contribution in [-0.2, 0) is 4.79 Å². The number of nitrogens with zero attached hydrogens (tertiary/aromatic N) is 2. The molecule has 1 aromatic rings. The van der Waals surface area contributed by atoms with E-state index < -0.39 is 0 Å². The van der Waals surface area contributed by atoms with Crippen molar-refractivity contribution in [2.75, 3.05) is 31.1 Å². The number of amides is 1. The molecule has 6 heteroatoms. The van der Waals surface area contributed by atoms with E-state index in [1.165, 1.54) is 37.8 Å². The molecule has 1 aliphatic heterocycles. The fraction of sp³-hybridized carbons (Fsp3) is 0.682.